The number of hydrogen-bond donors (Lipinski definition) is 1. The van der Waals surface area contributed by atoms with E-state index >= 15 is 0 Å². The van der Waals surface area contributed by atoms with E-state index in [0.29, 0.717) is 34.9 Å². The fourth-order valence-electron chi connectivity index (χ4n) is 3.71. The van der Waals surface area contributed by atoms with Crippen LogP contribution >= 0.6 is 11.8 Å². The Kier molecular flexibility index (Phi) is 9.90. The molecular formula is C24H33FN4O3S. The van der Waals surface area contributed by atoms with E-state index < -0.39 is 0 Å². The van der Waals surface area contributed by atoms with Gasteiger partial charge >= 0.3 is 0 Å². The van der Waals surface area contributed by atoms with Crippen LogP contribution in [0.3, 0.4) is 0 Å². The van der Waals surface area contributed by atoms with Crippen molar-refractivity contribution in [2.45, 2.75) is 37.8 Å². The summed E-state index contributed by atoms with van der Waals surface area (Å²) >= 11 is 1.51. The average molecular weight is 477 g/mol. The van der Waals surface area contributed by atoms with E-state index in [9.17, 15) is 14.0 Å². The molecule has 1 aliphatic heterocycles. The molecule has 1 aliphatic rings. The van der Waals surface area contributed by atoms with Crippen molar-refractivity contribution in [3.8, 4) is 0 Å². The molecule has 0 aliphatic carbocycles. The maximum absolute atomic E-state index is 14.0. The summed E-state index contributed by atoms with van der Waals surface area (Å²) in [6.45, 7) is 6.69. The molecule has 180 valence electrons. The molecule has 0 radical (unpaired) electrons. The highest BCUT2D eigenvalue weighted by Crippen LogP contribution is 2.19. The summed E-state index contributed by atoms with van der Waals surface area (Å²) in [5.74, 6) is 0.530. The number of halogens is 1. The molecule has 1 N–H and O–H groups in total. The van der Waals surface area contributed by atoms with Crippen LogP contribution in [0.15, 0.2) is 34.2 Å². The Morgan fingerprint density at radius 2 is 2.00 bits per heavy atom. The molecule has 0 unspecified atom stereocenters. The highest BCUT2D eigenvalue weighted by molar-refractivity contribution is 7.99. The SMILES string of the molecule is Cc1nc(SCCCCC(=O)NCCN2CCOCC2)n(C)c(=O)c1Cc1ccccc1F. The van der Waals surface area contributed by atoms with Crippen molar-refractivity contribution in [3.05, 3.63) is 57.3 Å². The van der Waals surface area contributed by atoms with E-state index in [1.54, 1.807) is 32.2 Å². The van der Waals surface area contributed by atoms with Crippen LogP contribution in [0.1, 0.15) is 36.1 Å². The zero-order valence-corrected chi connectivity index (χ0v) is 20.3. The number of hydrogen-bond acceptors (Lipinski definition) is 6. The molecule has 2 heterocycles. The lowest BCUT2D eigenvalue weighted by Gasteiger charge is -2.26. The molecule has 0 spiro atoms. The lowest BCUT2D eigenvalue weighted by atomic mass is 10.0. The van der Waals surface area contributed by atoms with Gasteiger partial charge in [0.2, 0.25) is 5.91 Å². The molecule has 33 heavy (non-hydrogen) atoms. The maximum atomic E-state index is 14.0. The van der Waals surface area contributed by atoms with Gasteiger partial charge in [0, 0.05) is 63.1 Å². The molecule has 0 bridgehead atoms. The van der Waals surface area contributed by atoms with Crippen LogP contribution in [-0.4, -0.2) is 65.5 Å². The highest BCUT2D eigenvalue weighted by atomic mass is 32.2. The van der Waals surface area contributed by atoms with E-state index in [0.717, 1.165) is 51.4 Å². The van der Waals surface area contributed by atoms with E-state index in [1.807, 2.05) is 0 Å². The zero-order chi connectivity index (χ0) is 23.6. The summed E-state index contributed by atoms with van der Waals surface area (Å²) in [7, 11) is 1.70. The molecule has 1 amide bonds. The summed E-state index contributed by atoms with van der Waals surface area (Å²) in [6, 6.07) is 6.49. The quantitative estimate of drug-likeness (QED) is 0.305. The van der Waals surface area contributed by atoms with Crippen LogP contribution in [0.5, 0.6) is 0 Å². The van der Waals surface area contributed by atoms with Crippen molar-refractivity contribution in [1.82, 2.24) is 19.8 Å². The molecule has 2 aromatic rings. The standard InChI is InChI=1S/C24H33FN4O3S/c1-18-20(17-19-7-3-4-8-21(19)25)23(31)28(2)24(27-18)33-16-6-5-9-22(30)26-10-11-29-12-14-32-15-13-29/h3-4,7-8H,5-6,9-17H2,1-2H3,(H,26,30). The van der Waals surface area contributed by atoms with Crippen molar-refractivity contribution >= 4 is 17.7 Å². The molecule has 0 saturated carbocycles. The highest BCUT2D eigenvalue weighted by Gasteiger charge is 2.15. The minimum absolute atomic E-state index is 0.0760. The molecule has 3 rings (SSSR count). The third-order valence-electron chi connectivity index (χ3n) is 5.76. The predicted molar refractivity (Wildman–Crippen MR) is 128 cm³/mol. The number of thioether (sulfide) groups is 1. The van der Waals surface area contributed by atoms with Gasteiger partial charge in [-0.05, 0) is 31.4 Å². The van der Waals surface area contributed by atoms with Gasteiger partial charge in [-0.15, -0.1) is 0 Å². The van der Waals surface area contributed by atoms with Gasteiger partial charge in [-0.2, -0.15) is 0 Å². The predicted octanol–water partition coefficient (Wildman–Crippen LogP) is 2.53. The number of carbonyl (C=O) groups excluding carboxylic acids is 1. The lowest BCUT2D eigenvalue weighted by Crippen LogP contribution is -2.41. The van der Waals surface area contributed by atoms with Crippen LogP contribution in [-0.2, 0) is 23.0 Å². The lowest BCUT2D eigenvalue weighted by molar-refractivity contribution is -0.121. The third-order valence-corrected chi connectivity index (χ3v) is 6.87. The average Bonchev–Trinajstić information content (AvgIpc) is 2.81. The summed E-state index contributed by atoms with van der Waals surface area (Å²) in [5.41, 5.74) is 1.49. The molecule has 1 aromatic heterocycles. The molecule has 1 saturated heterocycles. The number of morpholine rings is 1. The smallest absolute Gasteiger partial charge is 0.257 e. The maximum Gasteiger partial charge on any atom is 0.257 e. The van der Waals surface area contributed by atoms with E-state index in [2.05, 4.69) is 15.2 Å². The Labute approximate surface area is 198 Å². The summed E-state index contributed by atoms with van der Waals surface area (Å²) < 4.78 is 20.9. The molecule has 9 heteroatoms. The van der Waals surface area contributed by atoms with Gasteiger partial charge < -0.3 is 10.1 Å². The second kappa shape index (κ2) is 12.9. The number of aryl methyl sites for hydroxylation is 1. The monoisotopic (exact) mass is 476 g/mol. The molecular weight excluding hydrogens is 443 g/mol. The number of nitrogens with one attached hydrogen (secondary N) is 1. The molecule has 1 aromatic carbocycles. The van der Waals surface area contributed by atoms with Gasteiger partial charge in [0.1, 0.15) is 5.82 Å². The van der Waals surface area contributed by atoms with Crippen molar-refractivity contribution in [2.75, 3.05) is 45.1 Å². The van der Waals surface area contributed by atoms with Gasteiger partial charge in [0.15, 0.2) is 5.16 Å². The van der Waals surface area contributed by atoms with Crippen molar-refractivity contribution in [1.29, 1.82) is 0 Å². The van der Waals surface area contributed by atoms with Crippen molar-refractivity contribution in [2.24, 2.45) is 7.05 Å². The van der Waals surface area contributed by atoms with Gasteiger partial charge in [-0.3, -0.25) is 19.1 Å². The van der Waals surface area contributed by atoms with E-state index in [-0.39, 0.29) is 23.7 Å². The number of unbranched alkanes of at least 4 members (excludes halogenated alkanes) is 1. The van der Waals surface area contributed by atoms with Crippen LogP contribution in [0, 0.1) is 12.7 Å². The molecule has 1 fully saturated rings. The Bertz CT molecular complexity index is 992. The van der Waals surface area contributed by atoms with Gasteiger partial charge in [-0.1, -0.05) is 30.0 Å². The number of nitrogens with zero attached hydrogens (tertiary/aromatic N) is 3. The first-order chi connectivity index (χ1) is 16.0. The first kappa shape index (κ1) is 25.4. The van der Waals surface area contributed by atoms with Crippen LogP contribution in [0.25, 0.3) is 0 Å². The largest absolute Gasteiger partial charge is 0.379 e. The van der Waals surface area contributed by atoms with Crippen LogP contribution in [0.4, 0.5) is 4.39 Å². The fraction of sp³-hybridized carbons (Fsp3) is 0.542. The summed E-state index contributed by atoms with van der Waals surface area (Å²) in [5, 5.41) is 3.62. The Morgan fingerprint density at radius 1 is 1.24 bits per heavy atom. The van der Waals surface area contributed by atoms with Gasteiger partial charge in [0.25, 0.3) is 5.56 Å². The fourth-order valence-corrected chi connectivity index (χ4v) is 4.72. The number of ether oxygens (including phenoxy) is 1. The van der Waals surface area contributed by atoms with Crippen LogP contribution in [0.2, 0.25) is 0 Å². The summed E-state index contributed by atoms with van der Waals surface area (Å²) in [6.07, 6.45) is 2.36. The van der Waals surface area contributed by atoms with Gasteiger partial charge in [-0.25, -0.2) is 9.37 Å². The van der Waals surface area contributed by atoms with Crippen molar-refractivity contribution < 1.29 is 13.9 Å². The Balaban J connectivity index is 1.40. The number of aromatic nitrogens is 2. The first-order valence-electron chi connectivity index (χ1n) is 11.4. The minimum atomic E-state index is -0.317. The minimum Gasteiger partial charge on any atom is -0.379 e. The van der Waals surface area contributed by atoms with E-state index in [1.165, 1.54) is 22.4 Å². The molecule has 7 nitrogen and oxygen atoms in total. The first-order valence-corrected chi connectivity index (χ1v) is 12.4. The number of amides is 1. The number of benzene rings is 1. The molecule has 0 atom stereocenters. The Morgan fingerprint density at radius 3 is 2.76 bits per heavy atom. The van der Waals surface area contributed by atoms with E-state index in [4.69, 9.17) is 4.74 Å². The summed E-state index contributed by atoms with van der Waals surface area (Å²) in [4.78, 5) is 31.8. The Hall–Kier alpha value is -2.23. The second-order valence-corrected chi connectivity index (χ2v) is 9.26. The van der Waals surface area contributed by atoms with Crippen LogP contribution < -0.4 is 10.9 Å². The topological polar surface area (TPSA) is 76.5 Å². The van der Waals surface area contributed by atoms with Gasteiger partial charge in [0.05, 0.1) is 13.2 Å². The number of carbonyl (C=O) groups is 1. The number of rotatable bonds is 11. The third kappa shape index (κ3) is 7.65. The van der Waals surface area contributed by atoms with Crippen molar-refractivity contribution in [3.63, 3.8) is 0 Å². The normalized spacial score (nSPS) is 14.4. The zero-order valence-electron chi connectivity index (χ0n) is 19.4. The second-order valence-electron chi connectivity index (χ2n) is 8.20.